The highest BCUT2D eigenvalue weighted by atomic mass is 32.2. The Morgan fingerprint density at radius 1 is 1.11 bits per heavy atom. The van der Waals surface area contributed by atoms with Crippen LogP contribution in [-0.2, 0) is 21.2 Å². The van der Waals surface area contributed by atoms with E-state index in [1.165, 1.54) is 7.11 Å². The van der Waals surface area contributed by atoms with Crippen molar-refractivity contribution in [2.75, 3.05) is 11.8 Å². The molecular formula is C21H21NO4S2. The van der Waals surface area contributed by atoms with E-state index < -0.39 is 16.0 Å². The minimum atomic E-state index is -4.02. The van der Waals surface area contributed by atoms with Gasteiger partial charge in [0.05, 0.1) is 12.8 Å². The summed E-state index contributed by atoms with van der Waals surface area (Å²) >= 11 is 1.06. The number of nitrogens with one attached hydrogen (secondary N) is 1. The van der Waals surface area contributed by atoms with Gasteiger partial charge < -0.3 is 4.74 Å². The third-order valence-electron chi connectivity index (χ3n) is 4.39. The van der Waals surface area contributed by atoms with Crippen LogP contribution in [0.5, 0.6) is 0 Å². The van der Waals surface area contributed by atoms with Gasteiger partial charge in [-0.2, -0.15) is 0 Å². The smallest absolute Gasteiger partial charge is 0.349 e. The van der Waals surface area contributed by atoms with Crippen LogP contribution in [0.4, 0.5) is 5.69 Å². The van der Waals surface area contributed by atoms with E-state index in [0.29, 0.717) is 17.7 Å². The fraction of sp³-hybridized carbons (Fsp3) is 0.190. The Labute approximate surface area is 169 Å². The van der Waals surface area contributed by atoms with Gasteiger partial charge in [-0.15, -0.1) is 11.3 Å². The van der Waals surface area contributed by atoms with E-state index in [9.17, 15) is 13.2 Å². The number of hydrogen-bond donors (Lipinski definition) is 1. The summed E-state index contributed by atoms with van der Waals surface area (Å²) in [5.41, 5.74) is 3.64. The fourth-order valence-electron chi connectivity index (χ4n) is 2.90. The SMILES string of the molecule is CCc1ccccc1NS(=O)(=O)c1c(-c2ccc(C)cc2)csc1C(=O)OC. The average molecular weight is 416 g/mol. The molecule has 0 aliphatic carbocycles. The van der Waals surface area contributed by atoms with Crippen molar-refractivity contribution in [1.82, 2.24) is 0 Å². The van der Waals surface area contributed by atoms with Crippen molar-refractivity contribution in [3.63, 3.8) is 0 Å². The second kappa shape index (κ2) is 8.16. The summed E-state index contributed by atoms with van der Waals surface area (Å²) in [5.74, 6) is -0.674. The second-order valence-corrected chi connectivity index (χ2v) is 8.78. The van der Waals surface area contributed by atoms with E-state index in [4.69, 9.17) is 4.74 Å². The van der Waals surface area contributed by atoms with Crippen LogP contribution >= 0.6 is 11.3 Å². The van der Waals surface area contributed by atoms with Crippen molar-refractivity contribution in [1.29, 1.82) is 0 Å². The zero-order chi connectivity index (χ0) is 20.3. The molecule has 28 heavy (non-hydrogen) atoms. The zero-order valence-electron chi connectivity index (χ0n) is 15.9. The lowest BCUT2D eigenvalue weighted by atomic mass is 10.1. The van der Waals surface area contributed by atoms with Gasteiger partial charge in [-0.25, -0.2) is 13.2 Å². The summed E-state index contributed by atoms with van der Waals surface area (Å²) in [4.78, 5) is 12.2. The third-order valence-corrected chi connectivity index (χ3v) is 6.93. The van der Waals surface area contributed by atoms with Crippen molar-refractivity contribution in [3.05, 3.63) is 69.9 Å². The van der Waals surface area contributed by atoms with E-state index in [1.807, 2.05) is 50.2 Å². The number of thiophene rings is 1. The molecular weight excluding hydrogens is 394 g/mol. The molecule has 5 nitrogen and oxygen atoms in total. The van der Waals surface area contributed by atoms with Crippen molar-refractivity contribution >= 4 is 33.0 Å². The number of sulfonamides is 1. The van der Waals surface area contributed by atoms with Crippen LogP contribution in [0.1, 0.15) is 27.7 Å². The highest BCUT2D eigenvalue weighted by Gasteiger charge is 2.30. The van der Waals surface area contributed by atoms with Gasteiger partial charge in [-0.05, 0) is 30.5 Å². The molecule has 1 aromatic heterocycles. The van der Waals surface area contributed by atoms with Gasteiger partial charge in [0, 0.05) is 10.9 Å². The van der Waals surface area contributed by atoms with Crippen LogP contribution in [0.25, 0.3) is 11.1 Å². The van der Waals surface area contributed by atoms with Gasteiger partial charge >= 0.3 is 5.97 Å². The van der Waals surface area contributed by atoms with Gasteiger partial charge in [-0.3, -0.25) is 4.72 Å². The minimum absolute atomic E-state index is 0.0551. The van der Waals surface area contributed by atoms with Gasteiger partial charge in [0.25, 0.3) is 10.0 Å². The Bertz CT molecular complexity index is 1100. The summed E-state index contributed by atoms with van der Waals surface area (Å²) in [7, 11) is -2.78. The van der Waals surface area contributed by atoms with Crippen molar-refractivity contribution in [3.8, 4) is 11.1 Å². The third kappa shape index (κ3) is 3.95. The van der Waals surface area contributed by atoms with E-state index in [0.717, 1.165) is 28.0 Å². The topological polar surface area (TPSA) is 72.5 Å². The Balaban J connectivity index is 2.16. The molecule has 0 aliphatic rings. The van der Waals surface area contributed by atoms with Gasteiger partial charge in [-0.1, -0.05) is 55.0 Å². The Morgan fingerprint density at radius 3 is 2.43 bits per heavy atom. The molecule has 0 saturated carbocycles. The molecule has 146 valence electrons. The molecule has 0 spiro atoms. The average Bonchev–Trinajstić information content (AvgIpc) is 3.14. The molecule has 3 aromatic rings. The predicted octanol–water partition coefficient (Wildman–Crippen LogP) is 4.87. The van der Waals surface area contributed by atoms with Crippen molar-refractivity contribution in [2.45, 2.75) is 25.2 Å². The van der Waals surface area contributed by atoms with Gasteiger partial charge in [0.15, 0.2) is 0 Å². The summed E-state index contributed by atoms with van der Waals surface area (Å²) in [5, 5.41) is 1.68. The molecule has 0 radical (unpaired) electrons. The maximum absolute atomic E-state index is 13.3. The molecule has 3 rings (SSSR count). The maximum atomic E-state index is 13.3. The minimum Gasteiger partial charge on any atom is -0.465 e. The molecule has 0 unspecified atom stereocenters. The van der Waals surface area contributed by atoms with E-state index in [-0.39, 0.29) is 9.77 Å². The number of benzene rings is 2. The molecule has 0 atom stereocenters. The van der Waals surface area contributed by atoms with E-state index in [1.54, 1.807) is 17.5 Å². The van der Waals surface area contributed by atoms with Crippen LogP contribution in [0.3, 0.4) is 0 Å². The van der Waals surface area contributed by atoms with E-state index in [2.05, 4.69) is 4.72 Å². The summed E-state index contributed by atoms with van der Waals surface area (Å²) < 4.78 is 34.1. The number of anilines is 1. The first-order chi connectivity index (χ1) is 13.4. The van der Waals surface area contributed by atoms with Crippen molar-refractivity contribution in [2.24, 2.45) is 0 Å². The predicted molar refractivity (Wildman–Crippen MR) is 112 cm³/mol. The normalized spacial score (nSPS) is 11.2. The van der Waals surface area contributed by atoms with Crippen LogP contribution in [0, 0.1) is 6.92 Å². The molecule has 0 bridgehead atoms. The largest absolute Gasteiger partial charge is 0.465 e. The van der Waals surface area contributed by atoms with Crippen LogP contribution in [-0.4, -0.2) is 21.5 Å². The number of ether oxygens (including phenoxy) is 1. The standard InChI is InChI=1S/C21H21NO4S2/c1-4-15-7-5-6-8-18(15)22-28(24,25)20-17(13-27-19(20)21(23)26-3)16-11-9-14(2)10-12-16/h5-13,22H,4H2,1-3H3. The van der Waals surface area contributed by atoms with Crippen LogP contribution < -0.4 is 4.72 Å². The molecule has 0 aliphatic heterocycles. The van der Waals surface area contributed by atoms with Crippen LogP contribution in [0.2, 0.25) is 0 Å². The molecule has 1 heterocycles. The number of aryl methyl sites for hydroxylation is 2. The highest BCUT2D eigenvalue weighted by Crippen LogP contribution is 2.37. The first kappa shape index (κ1) is 20.1. The zero-order valence-corrected chi connectivity index (χ0v) is 17.5. The lowest BCUT2D eigenvalue weighted by Gasteiger charge is -2.13. The van der Waals surface area contributed by atoms with Crippen LogP contribution in [0.15, 0.2) is 58.8 Å². The van der Waals surface area contributed by atoms with Gasteiger partial charge in [0.1, 0.15) is 9.77 Å². The lowest BCUT2D eigenvalue weighted by Crippen LogP contribution is -2.17. The molecule has 7 heteroatoms. The quantitative estimate of drug-likeness (QED) is 0.583. The highest BCUT2D eigenvalue weighted by molar-refractivity contribution is 7.93. The Morgan fingerprint density at radius 2 is 1.79 bits per heavy atom. The van der Waals surface area contributed by atoms with Gasteiger partial charge in [0.2, 0.25) is 0 Å². The first-order valence-corrected chi connectivity index (χ1v) is 11.1. The Kier molecular flexibility index (Phi) is 5.86. The molecule has 1 N–H and O–H groups in total. The Hall–Kier alpha value is -2.64. The maximum Gasteiger partial charge on any atom is 0.349 e. The number of carbonyl (C=O) groups is 1. The first-order valence-electron chi connectivity index (χ1n) is 8.75. The number of carbonyl (C=O) groups excluding carboxylic acids is 1. The molecule has 0 fully saturated rings. The molecule has 0 amide bonds. The van der Waals surface area contributed by atoms with E-state index >= 15 is 0 Å². The number of rotatable bonds is 6. The number of esters is 1. The summed E-state index contributed by atoms with van der Waals surface area (Å²) in [6.45, 7) is 3.91. The van der Waals surface area contributed by atoms with Crippen molar-refractivity contribution < 1.29 is 17.9 Å². The number of hydrogen-bond acceptors (Lipinski definition) is 5. The molecule has 2 aromatic carbocycles. The number of para-hydroxylation sites is 1. The summed E-state index contributed by atoms with van der Waals surface area (Å²) in [6.07, 6.45) is 0.678. The monoisotopic (exact) mass is 415 g/mol. The molecule has 0 saturated heterocycles. The number of methoxy groups -OCH3 is 1. The fourth-order valence-corrected chi connectivity index (χ4v) is 5.72. The second-order valence-electron chi connectivity index (χ2n) is 6.28. The summed E-state index contributed by atoms with van der Waals surface area (Å²) in [6, 6.07) is 14.7. The lowest BCUT2D eigenvalue weighted by molar-refractivity contribution is 0.0602.